The van der Waals surface area contributed by atoms with Crippen LogP contribution in [-0.4, -0.2) is 39.4 Å². The smallest absolute Gasteiger partial charge is 0.316 e. The molecule has 3 rings (SSSR count). The number of hydrogen-bond donors (Lipinski definition) is 1. The van der Waals surface area contributed by atoms with Gasteiger partial charge in [0, 0.05) is 11.2 Å². The predicted molar refractivity (Wildman–Crippen MR) is 85.4 cm³/mol. The maximum Gasteiger partial charge on any atom is 0.316 e. The van der Waals surface area contributed by atoms with Gasteiger partial charge < -0.3 is 5.11 Å². The maximum atomic E-state index is 11.3. The van der Waals surface area contributed by atoms with Crippen LogP contribution in [0.5, 0.6) is 0 Å². The fourth-order valence-corrected chi connectivity index (χ4v) is 4.13. The van der Waals surface area contributed by atoms with Crippen molar-refractivity contribution in [2.24, 2.45) is 5.41 Å². The summed E-state index contributed by atoms with van der Waals surface area (Å²) in [6.45, 7) is 7.96. The van der Waals surface area contributed by atoms with E-state index in [1.165, 1.54) is 10.9 Å². The molecule has 1 aromatic carbocycles. The Labute approximate surface area is 125 Å². The molecule has 20 heavy (non-hydrogen) atoms. The van der Waals surface area contributed by atoms with Gasteiger partial charge in [0.05, 0.1) is 6.54 Å². The zero-order valence-electron chi connectivity index (χ0n) is 12.5. The van der Waals surface area contributed by atoms with Crippen LogP contribution < -0.4 is 4.90 Å². The van der Waals surface area contributed by atoms with Crippen molar-refractivity contribution in [3.05, 3.63) is 30.3 Å². The molecular formula is C16H23N2OS+. The molecule has 4 heteroatoms. The van der Waals surface area contributed by atoms with E-state index < -0.39 is 5.72 Å². The summed E-state index contributed by atoms with van der Waals surface area (Å²) in [5, 5.41) is 12.5. The van der Waals surface area contributed by atoms with Gasteiger partial charge in [0.15, 0.2) is 6.54 Å². The van der Waals surface area contributed by atoms with Crippen LogP contribution in [0.1, 0.15) is 27.2 Å². The lowest BCUT2D eigenvalue weighted by atomic mass is 9.82. The minimum absolute atomic E-state index is 0.181. The van der Waals surface area contributed by atoms with Gasteiger partial charge >= 0.3 is 5.17 Å². The standard InChI is InChI=1S/C16H23N2OS/c1-15(2,3)16(19)12-17(13-8-5-4-6-9-13)14-18(16)10-7-11-20-14/h4-6,8-9,19H,7,10-12H2,1-3H3/q+1/t16-/m1/s1. The normalized spacial score (nSPS) is 26.9. The molecular weight excluding hydrogens is 268 g/mol. The van der Waals surface area contributed by atoms with Gasteiger partial charge in [-0.2, -0.15) is 0 Å². The third-order valence-corrected chi connectivity index (χ3v) is 5.50. The number of benzene rings is 1. The van der Waals surface area contributed by atoms with Crippen LogP contribution in [0.4, 0.5) is 5.69 Å². The third-order valence-electron chi connectivity index (χ3n) is 4.31. The molecule has 0 aromatic heterocycles. The van der Waals surface area contributed by atoms with Gasteiger partial charge in [-0.05, 0) is 30.3 Å². The van der Waals surface area contributed by atoms with Gasteiger partial charge in [0.25, 0.3) is 0 Å². The van der Waals surface area contributed by atoms with Crippen molar-refractivity contribution in [2.45, 2.75) is 32.9 Å². The molecule has 0 saturated heterocycles. The first-order valence-electron chi connectivity index (χ1n) is 7.26. The maximum absolute atomic E-state index is 11.3. The Morgan fingerprint density at radius 3 is 2.60 bits per heavy atom. The molecule has 0 radical (unpaired) electrons. The van der Waals surface area contributed by atoms with E-state index in [-0.39, 0.29) is 5.41 Å². The number of thioether (sulfide) groups is 1. The largest absolute Gasteiger partial charge is 0.350 e. The molecule has 2 aliphatic heterocycles. The van der Waals surface area contributed by atoms with Gasteiger partial charge in [0.1, 0.15) is 5.69 Å². The van der Waals surface area contributed by atoms with E-state index in [1.54, 1.807) is 0 Å². The highest BCUT2D eigenvalue weighted by atomic mass is 32.2. The summed E-state index contributed by atoms with van der Waals surface area (Å²) >= 11 is 1.86. The number of anilines is 1. The lowest BCUT2D eigenvalue weighted by Gasteiger charge is -2.35. The van der Waals surface area contributed by atoms with E-state index in [2.05, 4.69) is 54.5 Å². The Morgan fingerprint density at radius 1 is 1.25 bits per heavy atom. The highest BCUT2D eigenvalue weighted by molar-refractivity contribution is 8.13. The number of aliphatic hydroxyl groups is 1. The van der Waals surface area contributed by atoms with Crippen molar-refractivity contribution < 1.29 is 9.68 Å². The lowest BCUT2D eigenvalue weighted by Crippen LogP contribution is -2.54. The van der Waals surface area contributed by atoms with Crippen LogP contribution in [0.3, 0.4) is 0 Å². The van der Waals surface area contributed by atoms with Gasteiger partial charge in [-0.1, -0.05) is 39.0 Å². The van der Waals surface area contributed by atoms with Gasteiger partial charge in [-0.25, -0.2) is 9.48 Å². The lowest BCUT2D eigenvalue weighted by molar-refractivity contribution is -0.664. The number of amidine groups is 1. The van der Waals surface area contributed by atoms with Crippen LogP contribution >= 0.6 is 11.8 Å². The quantitative estimate of drug-likeness (QED) is 0.806. The number of β-amino-alcohol motifs (C(OH)–C–C–N with tert-alkyl or cyclic N) is 1. The summed E-state index contributed by atoms with van der Waals surface area (Å²) in [5.74, 6) is 1.13. The van der Waals surface area contributed by atoms with Crippen molar-refractivity contribution in [2.75, 3.05) is 23.7 Å². The first kappa shape index (κ1) is 14.0. The molecule has 3 nitrogen and oxygen atoms in total. The number of nitrogens with zero attached hydrogens (tertiary/aromatic N) is 2. The first-order chi connectivity index (χ1) is 9.43. The second kappa shape index (κ2) is 4.78. The van der Waals surface area contributed by atoms with Crippen LogP contribution in [0.15, 0.2) is 30.3 Å². The van der Waals surface area contributed by atoms with Crippen molar-refractivity contribution in [1.29, 1.82) is 0 Å². The second-order valence-electron chi connectivity index (χ2n) is 6.62. The minimum Gasteiger partial charge on any atom is -0.350 e. The Kier molecular flexibility index (Phi) is 3.33. The average molecular weight is 291 g/mol. The zero-order valence-corrected chi connectivity index (χ0v) is 13.3. The average Bonchev–Trinajstić information content (AvgIpc) is 2.75. The summed E-state index contributed by atoms with van der Waals surface area (Å²) in [6, 6.07) is 10.4. The Bertz CT molecular complexity index is 535. The summed E-state index contributed by atoms with van der Waals surface area (Å²) < 4.78 is 2.22. The monoisotopic (exact) mass is 291 g/mol. The Balaban J connectivity index is 2.06. The molecule has 2 heterocycles. The first-order valence-corrected chi connectivity index (χ1v) is 8.24. The Morgan fingerprint density at radius 2 is 1.95 bits per heavy atom. The van der Waals surface area contributed by atoms with Crippen LogP contribution in [0.2, 0.25) is 0 Å². The van der Waals surface area contributed by atoms with Crippen molar-refractivity contribution in [3.63, 3.8) is 0 Å². The summed E-state index contributed by atoms with van der Waals surface area (Å²) in [6.07, 6.45) is 1.13. The molecule has 1 aromatic rings. The second-order valence-corrected chi connectivity index (χ2v) is 7.69. The SMILES string of the molecule is CC(C)(C)[C@]1(O)CN(c2ccccc2)C2=[N+]1CCCS2. The molecule has 2 aliphatic rings. The van der Waals surface area contributed by atoms with Crippen molar-refractivity contribution in [3.8, 4) is 0 Å². The van der Waals surface area contributed by atoms with E-state index >= 15 is 0 Å². The van der Waals surface area contributed by atoms with Crippen LogP contribution in [0.25, 0.3) is 0 Å². The molecule has 0 spiro atoms. The molecule has 1 N–H and O–H groups in total. The van der Waals surface area contributed by atoms with Crippen LogP contribution in [0, 0.1) is 5.41 Å². The molecule has 0 bridgehead atoms. The van der Waals surface area contributed by atoms with Gasteiger partial charge in [-0.3, -0.25) is 0 Å². The van der Waals surface area contributed by atoms with Crippen LogP contribution in [-0.2, 0) is 0 Å². The topological polar surface area (TPSA) is 26.5 Å². The van der Waals surface area contributed by atoms with E-state index in [0.717, 1.165) is 18.7 Å². The van der Waals surface area contributed by atoms with Gasteiger partial charge in [-0.15, -0.1) is 0 Å². The van der Waals surface area contributed by atoms with E-state index in [1.807, 2.05) is 17.8 Å². The summed E-state index contributed by atoms with van der Waals surface area (Å²) in [4.78, 5) is 2.27. The summed E-state index contributed by atoms with van der Waals surface area (Å²) in [5.41, 5.74) is 0.188. The van der Waals surface area contributed by atoms with E-state index in [9.17, 15) is 5.11 Å². The molecule has 0 aliphatic carbocycles. The number of hydrogen-bond acceptors (Lipinski definition) is 3. The fraction of sp³-hybridized carbons (Fsp3) is 0.562. The predicted octanol–water partition coefficient (Wildman–Crippen LogP) is 2.75. The molecule has 0 fully saturated rings. The highest BCUT2D eigenvalue weighted by Gasteiger charge is 2.58. The zero-order chi connectivity index (χ0) is 14.4. The summed E-state index contributed by atoms with van der Waals surface area (Å²) in [7, 11) is 0. The number of rotatable bonds is 1. The fourth-order valence-electron chi connectivity index (χ4n) is 2.95. The van der Waals surface area contributed by atoms with Crippen molar-refractivity contribution in [1.82, 2.24) is 0 Å². The van der Waals surface area contributed by atoms with Crippen molar-refractivity contribution >= 4 is 22.6 Å². The molecule has 0 saturated carbocycles. The minimum atomic E-state index is -0.800. The molecule has 0 unspecified atom stereocenters. The van der Waals surface area contributed by atoms with Gasteiger partial charge in [0.2, 0.25) is 5.72 Å². The molecule has 108 valence electrons. The molecule has 1 atom stereocenters. The third kappa shape index (κ3) is 2.06. The highest BCUT2D eigenvalue weighted by Crippen LogP contribution is 2.40. The number of para-hydroxylation sites is 1. The van der Waals surface area contributed by atoms with E-state index in [0.29, 0.717) is 6.54 Å². The van der Waals surface area contributed by atoms with E-state index in [4.69, 9.17) is 0 Å². The Hall–Kier alpha value is -1.000. The molecule has 0 amide bonds.